The Bertz CT molecular complexity index is 1970. The maximum absolute atomic E-state index is 14.1. The fourth-order valence-corrected chi connectivity index (χ4v) is 5.56. The summed E-state index contributed by atoms with van der Waals surface area (Å²) in [7, 11) is 0. The molecule has 3 heterocycles. The highest BCUT2D eigenvalue weighted by Crippen LogP contribution is 2.30. The lowest BCUT2D eigenvalue weighted by atomic mass is 9.98. The Labute approximate surface area is 242 Å². The Morgan fingerprint density at radius 2 is 1.52 bits per heavy atom. The molecule has 1 atom stereocenters. The fourth-order valence-electron chi connectivity index (χ4n) is 5.56. The topological polar surface area (TPSA) is 116 Å². The van der Waals surface area contributed by atoms with Gasteiger partial charge in [-0.15, -0.1) is 10.2 Å². The van der Waals surface area contributed by atoms with Gasteiger partial charge in [0, 0.05) is 24.6 Å². The summed E-state index contributed by atoms with van der Waals surface area (Å²) >= 11 is 0. The van der Waals surface area contributed by atoms with Gasteiger partial charge in [-0.25, -0.2) is 9.78 Å². The van der Waals surface area contributed by atoms with Crippen LogP contribution in [0.4, 0.5) is 0 Å². The number of imidazole rings is 1. The second kappa shape index (κ2) is 11.0. The van der Waals surface area contributed by atoms with E-state index in [9.17, 15) is 9.59 Å². The number of nitrogens with zero attached hydrogens (tertiary/aromatic N) is 7. The lowest BCUT2D eigenvalue weighted by molar-refractivity contribution is 0.542. The van der Waals surface area contributed by atoms with Crippen molar-refractivity contribution in [2.24, 2.45) is 0 Å². The molecular weight excluding hydrogens is 528 g/mol. The van der Waals surface area contributed by atoms with Crippen molar-refractivity contribution in [2.75, 3.05) is 0 Å². The van der Waals surface area contributed by atoms with Gasteiger partial charge in [0.05, 0.1) is 6.04 Å². The van der Waals surface area contributed by atoms with Gasteiger partial charge in [-0.3, -0.25) is 13.9 Å². The molecule has 0 amide bonds. The van der Waals surface area contributed by atoms with Crippen molar-refractivity contribution in [3.8, 4) is 22.5 Å². The van der Waals surface area contributed by atoms with Crippen molar-refractivity contribution >= 4 is 11.2 Å². The number of benzene rings is 3. The molecule has 0 aliphatic rings. The van der Waals surface area contributed by atoms with Crippen molar-refractivity contribution in [3.05, 3.63) is 117 Å². The standard InChI is InChI=1S/C32H32N8O2/c1-5-38-30-27(31(41)40(32(38)42)21(4)23-11-7-6-8-12-23)39(29(33-30)20(2)3)19-22-15-17-24(18-16-22)25-13-9-10-14-26(25)28-34-36-37-35-28/h6-18,20-21H,5,19H2,1-4H3,(H,34,35,36,37). The molecule has 1 unspecified atom stereocenters. The maximum atomic E-state index is 14.1. The lowest BCUT2D eigenvalue weighted by Crippen LogP contribution is -2.42. The number of aromatic amines is 1. The third-order valence-electron chi connectivity index (χ3n) is 7.71. The highest BCUT2D eigenvalue weighted by molar-refractivity contribution is 5.80. The first-order valence-corrected chi connectivity index (χ1v) is 14.1. The van der Waals surface area contributed by atoms with E-state index in [0.717, 1.165) is 33.6 Å². The van der Waals surface area contributed by atoms with Crippen molar-refractivity contribution < 1.29 is 0 Å². The van der Waals surface area contributed by atoms with Crippen LogP contribution in [-0.4, -0.2) is 39.3 Å². The summed E-state index contributed by atoms with van der Waals surface area (Å²) in [5, 5.41) is 14.5. The van der Waals surface area contributed by atoms with Crippen LogP contribution >= 0.6 is 0 Å². The van der Waals surface area contributed by atoms with E-state index in [2.05, 4.69) is 58.7 Å². The largest absolute Gasteiger partial charge is 0.333 e. The second-order valence-corrected chi connectivity index (χ2v) is 10.6. The molecule has 42 heavy (non-hydrogen) atoms. The van der Waals surface area contributed by atoms with E-state index in [-0.39, 0.29) is 17.2 Å². The number of hydrogen-bond donors (Lipinski definition) is 1. The van der Waals surface area contributed by atoms with Crippen molar-refractivity contribution in [2.45, 2.75) is 52.7 Å². The molecule has 0 saturated carbocycles. The number of nitrogens with one attached hydrogen (secondary N) is 1. The van der Waals surface area contributed by atoms with Crippen LogP contribution in [0.5, 0.6) is 0 Å². The van der Waals surface area contributed by atoms with Crippen LogP contribution in [0.1, 0.15) is 56.6 Å². The van der Waals surface area contributed by atoms with Crippen LogP contribution < -0.4 is 11.2 Å². The minimum absolute atomic E-state index is 0.0401. The molecule has 0 fully saturated rings. The Morgan fingerprint density at radius 1 is 0.833 bits per heavy atom. The molecule has 0 aliphatic carbocycles. The van der Waals surface area contributed by atoms with Gasteiger partial charge in [-0.1, -0.05) is 92.7 Å². The Morgan fingerprint density at radius 3 is 2.17 bits per heavy atom. The Hall–Kier alpha value is -5.12. The number of aromatic nitrogens is 8. The van der Waals surface area contributed by atoms with Gasteiger partial charge >= 0.3 is 5.69 Å². The van der Waals surface area contributed by atoms with E-state index >= 15 is 0 Å². The lowest BCUT2D eigenvalue weighted by Gasteiger charge is -2.18. The summed E-state index contributed by atoms with van der Waals surface area (Å²) in [5.74, 6) is 1.34. The maximum Gasteiger partial charge on any atom is 0.333 e. The second-order valence-electron chi connectivity index (χ2n) is 10.6. The highest BCUT2D eigenvalue weighted by Gasteiger charge is 2.25. The molecule has 6 rings (SSSR count). The first kappa shape index (κ1) is 27.1. The Balaban J connectivity index is 1.46. The van der Waals surface area contributed by atoms with Gasteiger partial charge in [0.1, 0.15) is 5.82 Å². The molecular formula is C32H32N8O2. The summed E-state index contributed by atoms with van der Waals surface area (Å²) < 4.78 is 4.95. The van der Waals surface area contributed by atoms with Crippen LogP contribution in [0.25, 0.3) is 33.7 Å². The zero-order valence-electron chi connectivity index (χ0n) is 24.0. The first-order chi connectivity index (χ1) is 20.4. The first-order valence-electron chi connectivity index (χ1n) is 14.1. The van der Waals surface area contributed by atoms with Crippen molar-refractivity contribution in [1.82, 2.24) is 39.3 Å². The smallest absolute Gasteiger partial charge is 0.317 e. The monoisotopic (exact) mass is 560 g/mol. The average molecular weight is 561 g/mol. The molecule has 10 nitrogen and oxygen atoms in total. The molecule has 10 heteroatoms. The van der Waals surface area contributed by atoms with Crippen LogP contribution in [0.15, 0.2) is 88.5 Å². The van der Waals surface area contributed by atoms with E-state index in [1.807, 2.05) is 73.0 Å². The van der Waals surface area contributed by atoms with Crippen molar-refractivity contribution in [3.63, 3.8) is 0 Å². The van der Waals surface area contributed by atoms with Crippen LogP contribution in [0.3, 0.4) is 0 Å². The zero-order chi connectivity index (χ0) is 29.4. The highest BCUT2D eigenvalue weighted by atomic mass is 16.2. The third kappa shape index (κ3) is 4.64. The molecule has 1 N–H and O–H groups in total. The molecule has 6 aromatic rings. The predicted octanol–water partition coefficient (Wildman–Crippen LogP) is 5.01. The summed E-state index contributed by atoms with van der Waals surface area (Å²) in [6.07, 6.45) is 0. The fraction of sp³-hybridized carbons (Fsp3) is 0.250. The number of rotatable bonds is 8. The van der Waals surface area contributed by atoms with E-state index in [1.54, 1.807) is 4.57 Å². The van der Waals surface area contributed by atoms with Gasteiger partial charge in [-0.2, -0.15) is 5.21 Å². The summed E-state index contributed by atoms with van der Waals surface area (Å²) in [6.45, 7) is 8.74. The number of hydrogen-bond acceptors (Lipinski definition) is 6. The van der Waals surface area contributed by atoms with Gasteiger partial charge < -0.3 is 4.57 Å². The molecule has 212 valence electrons. The van der Waals surface area contributed by atoms with Gasteiger partial charge in [0.15, 0.2) is 11.2 Å². The third-order valence-corrected chi connectivity index (χ3v) is 7.71. The zero-order valence-corrected chi connectivity index (χ0v) is 24.0. The van der Waals surface area contributed by atoms with Crippen LogP contribution in [0, 0.1) is 0 Å². The molecule has 0 spiro atoms. The predicted molar refractivity (Wildman–Crippen MR) is 162 cm³/mol. The molecule has 3 aromatic heterocycles. The van der Waals surface area contributed by atoms with Gasteiger partial charge in [0.25, 0.3) is 5.56 Å². The minimum atomic E-state index is -0.433. The summed E-state index contributed by atoms with van der Waals surface area (Å²) in [4.78, 5) is 32.7. The van der Waals surface area contributed by atoms with E-state index in [1.165, 1.54) is 4.57 Å². The summed E-state index contributed by atoms with van der Waals surface area (Å²) in [6, 6.07) is 25.3. The molecule has 0 bridgehead atoms. The Kier molecular flexibility index (Phi) is 7.12. The normalized spacial score (nSPS) is 12.3. The van der Waals surface area contributed by atoms with Gasteiger partial charge in [0.2, 0.25) is 5.82 Å². The number of H-pyrrole nitrogens is 1. The quantitative estimate of drug-likeness (QED) is 0.280. The summed E-state index contributed by atoms with van der Waals surface area (Å²) in [5.41, 5.74) is 4.97. The van der Waals surface area contributed by atoms with E-state index in [0.29, 0.717) is 30.1 Å². The number of tetrazole rings is 1. The number of fused-ring (bicyclic) bond motifs is 1. The van der Waals surface area contributed by atoms with Crippen LogP contribution in [0.2, 0.25) is 0 Å². The molecule has 0 saturated heterocycles. The van der Waals surface area contributed by atoms with E-state index < -0.39 is 6.04 Å². The number of aryl methyl sites for hydroxylation is 1. The molecule has 3 aromatic carbocycles. The molecule has 0 aliphatic heterocycles. The average Bonchev–Trinajstić information content (AvgIpc) is 3.68. The SMILES string of the molecule is CCn1c(=O)n(C(C)c2ccccc2)c(=O)c2c1nc(C(C)C)n2Cc1ccc(-c2ccccc2-c2nn[nH]n2)cc1. The van der Waals surface area contributed by atoms with Crippen LogP contribution in [-0.2, 0) is 13.1 Å². The minimum Gasteiger partial charge on any atom is -0.317 e. The van der Waals surface area contributed by atoms with Gasteiger partial charge in [-0.05, 0) is 41.3 Å². The van der Waals surface area contributed by atoms with E-state index in [4.69, 9.17) is 4.98 Å². The van der Waals surface area contributed by atoms with Crippen molar-refractivity contribution in [1.29, 1.82) is 0 Å². The molecule has 0 radical (unpaired) electrons.